The van der Waals surface area contributed by atoms with Crippen LogP contribution in [-0.2, 0) is 23.8 Å². The van der Waals surface area contributed by atoms with Gasteiger partial charge in [0.1, 0.15) is 24.4 Å². The summed E-state index contributed by atoms with van der Waals surface area (Å²) in [6.45, 7) is 4.19. The smallest absolute Gasteiger partial charge is 0.305 e. The molecule has 0 aromatic heterocycles. The maximum Gasteiger partial charge on any atom is 0.305 e. The van der Waals surface area contributed by atoms with E-state index in [-0.39, 0.29) is 18.5 Å². The van der Waals surface area contributed by atoms with Crippen LogP contribution in [0.4, 0.5) is 0 Å². The maximum absolute atomic E-state index is 13.0. The largest absolute Gasteiger partial charge is 0.466 e. The molecule has 1 heterocycles. The van der Waals surface area contributed by atoms with Crippen LogP contribution in [0.25, 0.3) is 0 Å². The molecule has 0 aromatic rings. The molecule has 0 aliphatic carbocycles. The lowest BCUT2D eigenvalue weighted by Gasteiger charge is -2.40. The molecule has 7 unspecified atom stereocenters. The van der Waals surface area contributed by atoms with Crippen molar-refractivity contribution in [1.29, 1.82) is 0 Å². The molecule has 1 aliphatic heterocycles. The molecular weight excluding hydrogens is 1010 g/mol. The van der Waals surface area contributed by atoms with Crippen LogP contribution in [0.2, 0.25) is 0 Å². The predicted molar refractivity (Wildman–Crippen MR) is 338 cm³/mol. The Balaban J connectivity index is 1.97. The minimum atomic E-state index is -1.58. The Morgan fingerprint density at radius 1 is 0.469 bits per heavy atom. The van der Waals surface area contributed by atoms with E-state index in [9.17, 15) is 35.1 Å². The lowest BCUT2D eigenvalue weighted by Crippen LogP contribution is -2.60. The molecule has 81 heavy (non-hydrogen) atoms. The second kappa shape index (κ2) is 58.9. The van der Waals surface area contributed by atoms with E-state index in [4.69, 9.17) is 14.2 Å². The summed E-state index contributed by atoms with van der Waals surface area (Å²) in [6.07, 6.45) is 69.0. The van der Waals surface area contributed by atoms with Gasteiger partial charge in [-0.25, -0.2) is 0 Å². The molecule has 1 saturated heterocycles. The molecule has 0 radical (unpaired) electrons. The summed E-state index contributed by atoms with van der Waals surface area (Å²) in [5.41, 5.74) is 0. The van der Waals surface area contributed by atoms with E-state index < -0.39 is 49.5 Å². The molecule has 0 spiro atoms. The number of amides is 1. The number of unbranched alkanes of at least 4 members (excludes halogenated alkanes) is 34. The number of hydrogen-bond donors (Lipinski definition) is 6. The predicted octanol–water partition coefficient (Wildman–Crippen LogP) is 16.7. The van der Waals surface area contributed by atoms with Crippen molar-refractivity contribution in [2.45, 2.75) is 339 Å². The fourth-order valence-corrected chi connectivity index (χ4v) is 10.2. The van der Waals surface area contributed by atoms with Gasteiger partial charge in [0.05, 0.1) is 32.0 Å². The quantitative estimate of drug-likeness (QED) is 0.0195. The number of aliphatic hydroxyl groups is 5. The molecule has 0 aromatic carbocycles. The Hall–Kier alpha value is -2.90. The molecule has 11 nitrogen and oxygen atoms in total. The molecule has 0 bridgehead atoms. The van der Waals surface area contributed by atoms with Crippen LogP contribution in [0.5, 0.6) is 0 Å². The summed E-state index contributed by atoms with van der Waals surface area (Å²) >= 11 is 0. The van der Waals surface area contributed by atoms with Crippen LogP contribution in [0.15, 0.2) is 72.9 Å². The van der Waals surface area contributed by atoms with Gasteiger partial charge in [-0.05, 0) is 109 Å². The molecule has 7 atom stereocenters. The lowest BCUT2D eigenvalue weighted by molar-refractivity contribution is -0.302. The van der Waals surface area contributed by atoms with E-state index in [0.29, 0.717) is 19.4 Å². The van der Waals surface area contributed by atoms with Crippen molar-refractivity contribution in [3.05, 3.63) is 72.9 Å². The van der Waals surface area contributed by atoms with Gasteiger partial charge < -0.3 is 45.1 Å². The van der Waals surface area contributed by atoms with Crippen LogP contribution in [-0.4, -0.2) is 100 Å². The standard InChI is InChI=1S/C70H125NO10/c1-3-5-7-9-11-13-15-16-35-38-42-46-50-54-58-66(75)79-59-55-51-47-43-39-36-33-31-29-27-25-23-21-19-17-18-20-22-24-26-28-30-32-34-37-41-45-49-53-57-65(74)71-62(61-80-70-69(78)68(77)67(76)64(60-72)81-70)63(73)56-52-48-44-40-14-12-10-8-6-4-2/h6,8,14-17,19,23,25,40,52,56,62-64,67-70,72-73,76-78H,3-5,7,9-13,18,20-22,24,26-39,41-51,53-55,57-61H2,1-2H3,(H,71,74)/b8-6+,16-15-,19-17-,25-23-,40-14+,56-52+. The van der Waals surface area contributed by atoms with E-state index in [1.165, 1.54) is 193 Å². The van der Waals surface area contributed by atoms with Crippen molar-refractivity contribution in [1.82, 2.24) is 5.32 Å². The van der Waals surface area contributed by atoms with E-state index >= 15 is 0 Å². The fourth-order valence-electron chi connectivity index (χ4n) is 10.2. The molecular formula is C70H125NO10. The number of carbonyl (C=O) groups is 2. The second-order valence-corrected chi connectivity index (χ2v) is 23.1. The summed E-state index contributed by atoms with van der Waals surface area (Å²) in [4.78, 5) is 25.1. The van der Waals surface area contributed by atoms with Gasteiger partial charge in [0.2, 0.25) is 5.91 Å². The monoisotopic (exact) mass is 1140 g/mol. The number of ether oxygens (including phenoxy) is 3. The third-order valence-electron chi connectivity index (χ3n) is 15.5. The van der Waals surface area contributed by atoms with Crippen LogP contribution >= 0.6 is 0 Å². The van der Waals surface area contributed by atoms with Gasteiger partial charge in [-0.15, -0.1) is 0 Å². The van der Waals surface area contributed by atoms with Crippen molar-refractivity contribution >= 4 is 11.9 Å². The molecule has 11 heteroatoms. The topological polar surface area (TPSA) is 175 Å². The summed E-state index contributed by atoms with van der Waals surface area (Å²) in [6, 6.07) is -0.836. The summed E-state index contributed by atoms with van der Waals surface area (Å²) in [5, 5.41) is 54.3. The van der Waals surface area contributed by atoms with Crippen LogP contribution in [0, 0.1) is 0 Å². The summed E-state index contributed by atoms with van der Waals surface area (Å²) in [7, 11) is 0. The zero-order valence-corrected chi connectivity index (χ0v) is 52.0. The fraction of sp³-hybridized carbons (Fsp3) is 0.800. The minimum absolute atomic E-state index is 0.00640. The third-order valence-corrected chi connectivity index (χ3v) is 15.5. The zero-order chi connectivity index (χ0) is 58.7. The number of allylic oxidation sites excluding steroid dienone is 11. The van der Waals surface area contributed by atoms with Crippen molar-refractivity contribution in [3.8, 4) is 0 Å². The van der Waals surface area contributed by atoms with Crippen molar-refractivity contribution in [2.75, 3.05) is 19.8 Å². The second-order valence-electron chi connectivity index (χ2n) is 23.1. The molecule has 6 N–H and O–H groups in total. The highest BCUT2D eigenvalue weighted by atomic mass is 16.7. The molecule has 1 aliphatic rings. The Morgan fingerprint density at radius 2 is 0.877 bits per heavy atom. The lowest BCUT2D eigenvalue weighted by atomic mass is 9.99. The average Bonchev–Trinajstić information content (AvgIpc) is 3.51. The first kappa shape index (κ1) is 76.1. The van der Waals surface area contributed by atoms with E-state index in [2.05, 4.69) is 79.9 Å². The number of carbonyl (C=O) groups excluding carboxylic acids is 2. The number of rotatable bonds is 58. The summed E-state index contributed by atoms with van der Waals surface area (Å²) in [5.74, 6) is -0.207. The average molecular weight is 1140 g/mol. The number of nitrogens with one attached hydrogen (secondary N) is 1. The first-order valence-corrected chi connectivity index (χ1v) is 33.7. The highest BCUT2D eigenvalue weighted by Gasteiger charge is 2.44. The number of esters is 1. The normalized spacial score (nSPS) is 18.7. The highest BCUT2D eigenvalue weighted by Crippen LogP contribution is 2.23. The Labute approximate surface area is 496 Å². The van der Waals surface area contributed by atoms with E-state index in [0.717, 1.165) is 77.0 Å². The summed E-state index contributed by atoms with van der Waals surface area (Å²) < 4.78 is 16.7. The highest BCUT2D eigenvalue weighted by molar-refractivity contribution is 5.76. The Morgan fingerprint density at radius 3 is 1.36 bits per heavy atom. The van der Waals surface area contributed by atoms with Gasteiger partial charge in [-0.2, -0.15) is 0 Å². The van der Waals surface area contributed by atoms with Gasteiger partial charge >= 0.3 is 5.97 Å². The van der Waals surface area contributed by atoms with Crippen LogP contribution in [0.3, 0.4) is 0 Å². The molecule has 1 amide bonds. The van der Waals surface area contributed by atoms with Gasteiger partial charge in [0, 0.05) is 12.8 Å². The number of hydrogen-bond acceptors (Lipinski definition) is 10. The SMILES string of the molecule is CC/C=C/CC/C=C/CC/C=C/C(O)C(COC1OC(CO)C(O)C(O)C1O)NC(=O)CCCCCCCCCCCCCCC/C=C\C/C=C\CCCCCCCCCCCOC(=O)CCCCCCC/C=C\CCCCCCC. The first-order valence-electron chi connectivity index (χ1n) is 33.7. The van der Waals surface area contributed by atoms with Gasteiger partial charge in [-0.3, -0.25) is 9.59 Å². The van der Waals surface area contributed by atoms with Crippen LogP contribution in [0.1, 0.15) is 296 Å². The van der Waals surface area contributed by atoms with Crippen molar-refractivity contribution in [3.63, 3.8) is 0 Å². The minimum Gasteiger partial charge on any atom is -0.466 e. The first-order chi connectivity index (χ1) is 39.7. The third kappa shape index (κ3) is 48.1. The Bertz CT molecular complexity index is 1580. The maximum atomic E-state index is 13.0. The number of aliphatic hydroxyl groups excluding tert-OH is 5. The van der Waals surface area contributed by atoms with Crippen LogP contribution < -0.4 is 5.32 Å². The van der Waals surface area contributed by atoms with E-state index in [1.807, 2.05) is 6.08 Å². The van der Waals surface area contributed by atoms with Crippen molar-refractivity contribution in [2.24, 2.45) is 0 Å². The van der Waals surface area contributed by atoms with Gasteiger partial charge in [-0.1, -0.05) is 247 Å². The van der Waals surface area contributed by atoms with E-state index in [1.54, 1.807) is 6.08 Å². The molecule has 0 saturated carbocycles. The molecule has 470 valence electrons. The zero-order valence-electron chi connectivity index (χ0n) is 52.0. The van der Waals surface area contributed by atoms with Crippen molar-refractivity contribution < 1.29 is 49.3 Å². The Kier molecular flexibility index (Phi) is 55.3. The van der Waals surface area contributed by atoms with Gasteiger partial charge in [0.25, 0.3) is 0 Å². The van der Waals surface area contributed by atoms with Gasteiger partial charge in [0.15, 0.2) is 6.29 Å². The molecule has 1 rings (SSSR count). The molecule has 1 fully saturated rings.